The second-order valence-corrected chi connectivity index (χ2v) is 8.43. The zero-order valence-electron chi connectivity index (χ0n) is 19.7. The van der Waals surface area contributed by atoms with Crippen LogP contribution in [0.1, 0.15) is 41.3 Å². The van der Waals surface area contributed by atoms with Crippen LogP contribution >= 0.6 is 0 Å². The molecular weight excluding hydrogens is 432 g/mol. The molecule has 1 N–H and O–H groups in total. The van der Waals surface area contributed by atoms with Gasteiger partial charge in [-0.3, -0.25) is 14.7 Å². The molecule has 2 unspecified atom stereocenters. The summed E-state index contributed by atoms with van der Waals surface area (Å²) in [7, 11) is 3.17. The Hall–Kier alpha value is -3.58. The number of aromatic nitrogens is 1. The number of carboxylic acid groups (broad SMARTS) is 1. The van der Waals surface area contributed by atoms with Crippen molar-refractivity contribution in [1.82, 2.24) is 9.88 Å². The highest BCUT2D eigenvalue weighted by Gasteiger charge is 2.38. The number of methoxy groups -OCH3 is 2. The molecule has 0 aliphatic carbocycles. The maximum Gasteiger partial charge on any atom is 0.320 e. The van der Waals surface area contributed by atoms with Crippen LogP contribution in [0.3, 0.4) is 0 Å². The Morgan fingerprint density at radius 1 is 1.12 bits per heavy atom. The molecule has 7 nitrogen and oxygen atoms in total. The molecule has 34 heavy (non-hydrogen) atoms. The summed E-state index contributed by atoms with van der Waals surface area (Å²) in [6.07, 6.45) is 3.22. The van der Waals surface area contributed by atoms with Crippen molar-refractivity contribution >= 4 is 5.97 Å². The summed E-state index contributed by atoms with van der Waals surface area (Å²) in [5.41, 5.74) is 3.68. The van der Waals surface area contributed by atoms with Crippen LogP contribution in [0.5, 0.6) is 17.2 Å². The van der Waals surface area contributed by atoms with E-state index in [9.17, 15) is 9.90 Å². The van der Waals surface area contributed by atoms with Crippen molar-refractivity contribution in [1.29, 1.82) is 0 Å². The monoisotopic (exact) mass is 462 g/mol. The van der Waals surface area contributed by atoms with Gasteiger partial charge in [-0.05, 0) is 54.7 Å². The van der Waals surface area contributed by atoms with Gasteiger partial charge >= 0.3 is 5.97 Å². The van der Waals surface area contributed by atoms with Gasteiger partial charge in [-0.25, -0.2) is 0 Å². The highest BCUT2D eigenvalue weighted by atomic mass is 16.5. The van der Waals surface area contributed by atoms with E-state index in [0.717, 1.165) is 28.8 Å². The normalized spacial score (nSPS) is 16.7. The number of pyridine rings is 1. The number of carboxylic acids is 1. The minimum absolute atomic E-state index is 0.364. The van der Waals surface area contributed by atoms with Gasteiger partial charge in [0.25, 0.3) is 0 Å². The SMILES string of the molecule is COc1cc(C(c2ccc(C)cn2)N2CCCC2C(=O)O)cc(OC)c1OCc1ccccc1. The van der Waals surface area contributed by atoms with Gasteiger partial charge < -0.3 is 19.3 Å². The third kappa shape index (κ3) is 4.99. The molecule has 3 aromatic rings. The summed E-state index contributed by atoms with van der Waals surface area (Å²) in [6.45, 7) is 3.00. The van der Waals surface area contributed by atoms with Crippen molar-refractivity contribution in [3.05, 3.63) is 83.2 Å². The van der Waals surface area contributed by atoms with Crippen LogP contribution in [-0.2, 0) is 11.4 Å². The smallest absolute Gasteiger partial charge is 0.320 e. The van der Waals surface area contributed by atoms with Crippen molar-refractivity contribution in [3.63, 3.8) is 0 Å². The highest BCUT2D eigenvalue weighted by Crippen LogP contribution is 2.44. The molecule has 2 atom stereocenters. The minimum atomic E-state index is -0.823. The Labute approximate surface area is 199 Å². The number of carbonyl (C=O) groups is 1. The Bertz CT molecular complexity index is 1090. The van der Waals surface area contributed by atoms with E-state index in [-0.39, 0.29) is 6.04 Å². The van der Waals surface area contributed by atoms with E-state index in [4.69, 9.17) is 14.2 Å². The van der Waals surface area contributed by atoms with Gasteiger partial charge in [0, 0.05) is 12.7 Å². The first-order valence-electron chi connectivity index (χ1n) is 11.4. The molecule has 1 fully saturated rings. The lowest BCUT2D eigenvalue weighted by Gasteiger charge is -2.32. The number of hydrogen-bond acceptors (Lipinski definition) is 6. The maximum absolute atomic E-state index is 12.0. The molecule has 2 aromatic carbocycles. The molecule has 7 heteroatoms. The summed E-state index contributed by atoms with van der Waals surface area (Å²) >= 11 is 0. The zero-order chi connectivity index (χ0) is 24.1. The number of likely N-dealkylation sites (tertiary alicyclic amines) is 1. The molecule has 1 aliphatic rings. The third-order valence-electron chi connectivity index (χ3n) is 6.15. The quantitative estimate of drug-likeness (QED) is 0.497. The number of benzene rings is 2. The molecular formula is C27H30N2O5. The summed E-state index contributed by atoms with van der Waals surface area (Å²) in [5, 5.41) is 9.86. The van der Waals surface area contributed by atoms with E-state index >= 15 is 0 Å². The van der Waals surface area contributed by atoms with Crippen LogP contribution < -0.4 is 14.2 Å². The largest absolute Gasteiger partial charge is 0.493 e. The van der Waals surface area contributed by atoms with Crippen molar-refractivity contribution < 1.29 is 24.1 Å². The molecule has 0 spiro atoms. The van der Waals surface area contributed by atoms with Gasteiger partial charge in [0.05, 0.1) is 26.0 Å². The first-order chi connectivity index (χ1) is 16.5. The van der Waals surface area contributed by atoms with E-state index in [0.29, 0.717) is 36.8 Å². The van der Waals surface area contributed by atoms with Crippen molar-refractivity contribution in [2.24, 2.45) is 0 Å². The predicted octanol–water partition coefficient (Wildman–Crippen LogP) is 4.62. The van der Waals surface area contributed by atoms with Gasteiger partial charge in [0.2, 0.25) is 5.75 Å². The molecule has 1 saturated heterocycles. The van der Waals surface area contributed by atoms with Crippen LogP contribution in [0.2, 0.25) is 0 Å². The predicted molar refractivity (Wildman–Crippen MR) is 129 cm³/mol. The van der Waals surface area contributed by atoms with E-state index in [1.165, 1.54) is 0 Å². The second-order valence-electron chi connectivity index (χ2n) is 8.43. The Morgan fingerprint density at radius 3 is 2.41 bits per heavy atom. The van der Waals surface area contributed by atoms with Crippen LogP contribution in [0, 0.1) is 6.92 Å². The molecule has 2 heterocycles. The molecule has 0 saturated carbocycles. The minimum Gasteiger partial charge on any atom is -0.493 e. The Morgan fingerprint density at radius 2 is 1.82 bits per heavy atom. The van der Waals surface area contributed by atoms with E-state index < -0.39 is 12.0 Å². The average Bonchev–Trinajstić information content (AvgIpc) is 3.34. The molecule has 1 aliphatic heterocycles. The lowest BCUT2D eigenvalue weighted by molar-refractivity contribution is -0.142. The topological polar surface area (TPSA) is 81.1 Å². The second kappa shape index (κ2) is 10.6. The van der Waals surface area contributed by atoms with E-state index in [1.54, 1.807) is 20.4 Å². The van der Waals surface area contributed by atoms with Crippen LogP contribution in [0.15, 0.2) is 60.8 Å². The van der Waals surface area contributed by atoms with Crippen molar-refractivity contribution in [3.8, 4) is 17.2 Å². The third-order valence-corrected chi connectivity index (χ3v) is 6.15. The van der Waals surface area contributed by atoms with Crippen LogP contribution in [0.4, 0.5) is 0 Å². The molecule has 178 valence electrons. The fraction of sp³-hybridized carbons (Fsp3) is 0.333. The molecule has 1 aromatic heterocycles. The maximum atomic E-state index is 12.0. The lowest BCUT2D eigenvalue weighted by Crippen LogP contribution is -2.39. The summed E-state index contributed by atoms with van der Waals surface area (Å²) in [5.74, 6) is 0.725. The zero-order valence-corrected chi connectivity index (χ0v) is 19.7. The lowest BCUT2D eigenvalue weighted by atomic mass is 9.98. The summed E-state index contributed by atoms with van der Waals surface area (Å²) in [6, 6.07) is 16.7. The van der Waals surface area contributed by atoms with Gasteiger partial charge in [-0.1, -0.05) is 36.4 Å². The van der Waals surface area contributed by atoms with Gasteiger partial charge in [-0.15, -0.1) is 0 Å². The standard InChI is InChI=1S/C27H30N2O5/c1-18-11-12-21(28-16-18)25(29-13-7-10-22(29)27(30)31)20-14-23(32-2)26(24(15-20)33-3)34-17-19-8-5-4-6-9-19/h4-6,8-9,11-12,14-16,22,25H,7,10,13,17H2,1-3H3,(H,30,31). The van der Waals surface area contributed by atoms with Gasteiger partial charge in [-0.2, -0.15) is 0 Å². The number of aryl methyl sites for hydroxylation is 1. The molecule has 0 amide bonds. The van der Waals surface area contributed by atoms with Gasteiger partial charge in [0.1, 0.15) is 12.6 Å². The number of nitrogens with zero attached hydrogens (tertiary/aromatic N) is 2. The molecule has 4 rings (SSSR count). The fourth-order valence-electron chi connectivity index (χ4n) is 4.47. The number of rotatable bonds is 9. The first kappa shape index (κ1) is 23.6. The molecule has 0 radical (unpaired) electrons. The Kier molecular flexibility index (Phi) is 7.33. The van der Waals surface area contributed by atoms with Crippen molar-refractivity contribution in [2.75, 3.05) is 20.8 Å². The van der Waals surface area contributed by atoms with E-state index in [2.05, 4.69) is 4.98 Å². The molecule has 0 bridgehead atoms. The summed E-state index contributed by atoms with van der Waals surface area (Å²) < 4.78 is 17.5. The summed E-state index contributed by atoms with van der Waals surface area (Å²) in [4.78, 5) is 18.7. The Balaban J connectivity index is 1.76. The van der Waals surface area contributed by atoms with Crippen molar-refractivity contribution in [2.45, 2.75) is 38.5 Å². The number of aliphatic carboxylic acids is 1. The van der Waals surface area contributed by atoms with Crippen LogP contribution in [0.25, 0.3) is 0 Å². The fourth-order valence-corrected chi connectivity index (χ4v) is 4.47. The van der Waals surface area contributed by atoms with Crippen LogP contribution in [-0.4, -0.2) is 47.8 Å². The number of hydrogen-bond donors (Lipinski definition) is 1. The van der Waals surface area contributed by atoms with E-state index in [1.807, 2.05) is 66.4 Å². The first-order valence-corrected chi connectivity index (χ1v) is 11.4. The highest BCUT2D eigenvalue weighted by molar-refractivity contribution is 5.74. The average molecular weight is 463 g/mol. The number of ether oxygens (including phenoxy) is 3. The van der Waals surface area contributed by atoms with Gasteiger partial charge in [0.15, 0.2) is 11.5 Å².